The number of rotatable bonds is 3. The molecular formula is C26H14FN3O. The lowest BCUT2D eigenvalue weighted by molar-refractivity contribution is 0.630. The molecule has 0 aliphatic rings. The summed E-state index contributed by atoms with van der Waals surface area (Å²) in [4.78, 5) is 5.21. The van der Waals surface area contributed by atoms with Crippen LogP contribution in [-0.4, -0.2) is 0 Å². The van der Waals surface area contributed by atoms with Crippen LogP contribution in [-0.2, 0) is 0 Å². The highest BCUT2D eigenvalue weighted by molar-refractivity contribution is 6.13. The molecule has 0 bridgehead atoms. The third-order valence-corrected chi connectivity index (χ3v) is 5.17. The Morgan fingerprint density at radius 2 is 1.61 bits per heavy atom. The van der Waals surface area contributed by atoms with Crippen LogP contribution in [0.3, 0.4) is 0 Å². The van der Waals surface area contributed by atoms with E-state index in [-0.39, 0.29) is 11.3 Å². The predicted octanol–water partition coefficient (Wildman–Crippen LogP) is 7.62. The first-order valence-electron chi connectivity index (χ1n) is 9.58. The fraction of sp³-hybridized carbons (Fsp3) is 0. The molecule has 0 atom stereocenters. The summed E-state index contributed by atoms with van der Waals surface area (Å²) >= 11 is 0. The summed E-state index contributed by atoms with van der Waals surface area (Å²) in [5, 5.41) is 11.3. The first kappa shape index (κ1) is 18.4. The van der Waals surface area contributed by atoms with Gasteiger partial charge in [-0.1, -0.05) is 42.5 Å². The van der Waals surface area contributed by atoms with Crippen LogP contribution >= 0.6 is 0 Å². The molecule has 146 valence electrons. The van der Waals surface area contributed by atoms with Crippen LogP contribution in [0.25, 0.3) is 26.8 Å². The molecule has 0 aliphatic carbocycles. The zero-order valence-corrected chi connectivity index (χ0v) is 16.2. The Hall–Kier alpha value is -4.61. The van der Waals surface area contributed by atoms with E-state index in [0.29, 0.717) is 11.3 Å². The lowest BCUT2D eigenvalue weighted by atomic mass is 10.1. The second-order valence-electron chi connectivity index (χ2n) is 6.97. The first-order valence-corrected chi connectivity index (χ1v) is 9.58. The second kappa shape index (κ2) is 7.33. The predicted molar refractivity (Wildman–Crippen MR) is 119 cm³/mol. The minimum atomic E-state index is -0.804. The zero-order chi connectivity index (χ0) is 21.4. The van der Waals surface area contributed by atoms with Crippen molar-refractivity contribution in [1.29, 1.82) is 5.26 Å². The molecule has 0 saturated heterocycles. The SMILES string of the molecule is [C-]#[N+]c1cc(N(c2ccccc2)c2cccc3oc4ccccc4c23)cc(C#N)c1F. The molecule has 4 nitrogen and oxygen atoms in total. The first-order chi connectivity index (χ1) is 15.2. The third-order valence-electron chi connectivity index (χ3n) is 5.17. The molecule has 0 unspecified atom stereocenters. The van der Waals surface area contributed by atoms with Crippen molar-refractivity contribution in [2.75, 3.05) is 4.90 Å². The molecule has 0 aliphatic heterocycles. The van der Waals surface area contributed by atoms with E-state index in [1.54, 1.807) is 0 Å². The van der Waals surface area contributed by atoms with Gasteiger partial charge < -0.3 is 9.32 Å². The maximum absolute atomic E-state index is 14.5. The number of para-hydroxylation sites is 2. The molecule has 5 rings (SSSR count). The summed E-state index contributed by atoms with van der Waals surface area (Å²) in [6, 6.07) is 27.9. The van der Waals surface area contributed by atoms with Crippen molar-refractivity contribution >= 4 is 44.7 Å². The van der Waals surface area contributed by atoms with E-state index in [9.17, 15) is 9.65 Å². The molecular weight excluding hydrogens is 389 g/mol. The zero-order valence-electron chi connectivity index (χ0n) is 16.2. The highest BCUT2D eigenvalue weighted by Gasteiger charge is 2.21. The number of benzene rings is 4. The molecule has 0 spiro atoms. The Bertz CT molecular complexity index is 1490. The second-order valence-corrected chi connectivity index (χ2v) is 6.97. The van der Waals surface area contributed by atoms with E-state index >= 15 is 0 Å². The lowest BCUT2D eigenvalue weighted by Crippen LogP contribution is -2.10. The molecule has 5 aromatic rings. The summed E-state index contributed by atoms with van der Waals surface area (Å²) in [7, 11) is 0. The number of hydrogen-bond donors (Lipinski definition) is 0. The van der Waals surface area contributed by atoms with E-state index in [1.165, 1.54) is 12.1 Å². The minimum Gasteiger partial charge on any atom is -0.456 e. The quantitative estimate of drug-likeness (QED) is 0.291. The highest BCUT2D eigenvalue weighted by atomic mass is 19.1. The van der Waals surface area contributed by atoms with E-state index in [0.717, 1.165) is 27.7 Å². The lowest BCUT2D eigenvalue weighted by Gasteiger charge is -2.26. The van der Waals surface area contributed by atoms with Gasteiger partial charge in [-0.2, -0.15) is 5.26 Å². The molecule has 31 heavy (non-hydrogen) atoms. The maximum Gasteiger partial charge on any atom is 0.225 e. The Balaban J connectivity index is 1.87. The van der Waals surface area contributed by atoms with Gasteiger partial charge >= 0.3 is 0 Å². The number of anilines is 3. The number of fused-ring (bicyclic) bond motifs is 3. The van der Waals surface area contributed by atoms with Gasteiger partial charge in [0.1, 0.15) is 23.1 Å². The van der Waals surface area contributed by atoms with Crippen LogP contribution in [0.4, 0.5) is 27.1 Å². The van der Waals surface area contributed by atoms with Crippen molar-refractivity contribution in [3.63, 3.8) is 0 Å². The van der Waals surface area contributed by atoms with Gasteiger partial charge in [-0.05, 0) is 42.5 Å². The molecule has 5 heteroatoms. The normalized spacial score (nSPS) is 10.7. The third kappa shape index (κ3) is 2.97. The monoisotopic (exact) mass is 403 g/mol. The molecule has 4 aromatic carbocycles. The summed E-state index contributed by atoms with van der Waals surface area (Å²) in [5.74, 6) is -0.804. The van der Waals surface area contributed by atoms with Crippen LogP contribution in [0.2, 0.25) is 0 Å². The molecule has 0 radical (unpaired) electrons. The van der Waals surface area contributed by atoms with E-state index in [2.05, 4.69) is 4.85 Å². The molecule has 0 fully saturated rings. The van der Waals surface area contributed by atoms with Gasteiger partial charge in [-0.15, -0.1) is 0 Å². The fourth-order valence-electron chi connectivity index (χ4n) is 3.83. The maximum atomic E-state index is 14.5. The van der Waals surface area contributed by atoms with Crippen molar-refractivity contribution in [2.24, 2.45) is 0 Å². The Kier molecular flexibility index (Phi) is 4.36. The Morgan fingerprint density at radius 3 is 2.39 bits per heavy atom. The summed E-state index contributed by atoms with van der Waals surface area (Å²) < 4.78 is 20.5. The number of nitriles is 1. The van der Waals surface area contributed by atoms with Gasteiger partial charge in [0.15, 0.2) is 0 Å². The van der Waals surface area contributed by atoms with Gasteiger partial charge in [0.2, 0.25) is 5.69 Å². The van der Waals surface area contributed by atoms with Gasteiger partial charge in [0.05, 0.1) is 23.2 Å². The van der Waals surface area contributed by atoms with Crippen molar-refractivity contribution in [2.45, 2.75) is 0 Å². The van der Waals surface area contributed by atoms with Crippen molar-refractivity contribution < 1.29 is 8.81 Å². The van der Waals surface area contributed by atoms with Crippen LogP contribution in [0.1, 0.15) is 5.56 Å². The highest BCUT2D eigenvalue weighted by Crippen LogP contribution is 2.44. The topological polar surface area (TPSA) is 44.5 Å². The molecule has 0 N–H and O–H groups in total. The van der Waals surface area contributed by atoms with Crippen LogP contribution in [0, 0.1) is 23.7 Å². The molecule has 0 saturated carbocycles. The fourth-order valence-corrected chi connectivity index (χ4v) is 3.83. The Morgan fingerprint density at radius 1 is 0.871 bits per heavy atom. The number of hydrogen-bond acceptors (Lipinski definition) is 3. The average molecular weight is 403 g/mol. The van der Waals surface area contributed by atoms with Crippen LogP contribution in [0.5, 0.6) is 0 Å². The van der Waals surface area contributed by atoms with Crippen LogP contribution in [0.15, 0.2) is 89.3 Å². The number of nitrogens with zero attached hydrogens (tertiary/aromatic N) is 3. The standard InChI is InChI=1S/C26H14FN3O/c1-29-21-15-19(14-17(16-28)26(21)27)30(18-8-3-2-4-9-18)22-11-7-13-24-25(22)20-10-5-6-12-23(20)31-24/h2-15H. The molecule has 1 aromatic heterocycles. The summed E-state index contributed by atoms with van der Waals surface area (Å²) in [6.07, 6.45) is 0. The minimum absolute atomic E-state index is 0.173. The Labute approximate surface area is 177 Å². The van der Waals surface area contributed by atoms with Gasteiger partial charge in [-0.25, -0.2) is 9.24 Å². The van der Waals surface area contributed by atoms with Gasteiger partial charge in [0.25, 0.3) is 0 Å². The van der Waals surface area contributed by atoms with Crippen molar-refractivity contribution in [3.05, 3.63) is 108 Å². The van der Waals surface area contributed by atoms with E-state index in [1.807, 2.05) is 83.8 Å². The largest absolute Gasteiger partial charge is 0.456 e. The summed E-state index contributed by atoms with van der Waals surface area (Å²) in [6.45, 7) is 7.36. The summed E-state index contributed by atoms with van der Waals surface area (Å²) in [5.41, 5.74) is 3.25. The van der Waals surface area contributed by atoms with E-state index in [4.69, 9.17) is 11.0 Å². The van der Waals surface area contributed by atoms with Gasteiger partial charge in [-0.3, -0.25) is 0 Å². The van der Waals surface area contributed by atoms with Gasteiger partial charge in [0, 0.05) is 16.8 Å². The van der Waals surface area contributed by atoms with Crippen molar-refractivity contribution in [1.82, 2.24) is 0 Å². The molecule has 1 heterocycles. The molecule has 0 amide bonds. The number of halogens is 1. The number of furan rings is 1. The average Bonchev–Trinajstić information content (AvgIpc) is 3.20. The smallest absolute Gasteiger partial charge is 0.225 e. The van der Waals surface area contributed by atoms with Crippen molar-refractivity contribution in [3.8, 4) is 6.07 Å². The van der Waals surface area contributed by atoms with E-state index < -0.39 is 5.82 Å². The van der Waals surface area contributed by atoms with Crippen LogP contribution < -0.4 is 4.90 Å².